The highest BCUT2D eigenvalue weighted by Crippen LogP contribution is 2.75. The van der Waals surface area contributed by atoms with Crippen molar-refractivity contribution in [2.45, 2.75) is 122 Å². The Kier molecular flexibility index (Phi) is 10.5. The number of hydrogen-bond acceptors (Lipinski definition) is 11. The van der Waals surface area contributed by atoms with Gasteiger partial charge in [-0.25, -0.2) is 8.42 Å². The summed E-state index contributed by atoms with van der Waals surface area (Å²) in [6.45, 7) is 14.7. The van der Waals surface area contributed by atoms with E-state index >= 15 is 0 Å². The number of rotatable bonds is 8. The number of nitrogens with one attached hydrogen (secondary N) is 1. The second-order valence-electron chi connectivity index (χ2n) is 19.5. The Balaban J connectivity index is 0.969. The van der Waals surface area contributed by atoms with Gasteiger partial charge in [0, 0.05) is 11.3 Å². The highest BCUT2D eigenvalue weighted by atomic mass is 32.2. The van der Waals surface area contributed by atoms with E-state index in [1.807, 2.05) is 13.0 Å². The molecule has 0 unspecified atom stereocenters. The number of benzene rings is 1. The largest absolute Gasteiger partial charge is 0.451 e. The molecular weight excluding hydrogens is 763 g/mol. The molecule has 0 spiro atoms. The van der Waals surface area contributed by atoms with Crippen molar-refractivity contribution in [2.75, 3.05) is 19.8 Å². The summed E-state index contributed by atoms with van der Waals surface area (Å²) in [5.41, 5.74) is -0.512. The Hall–Kier alpha value is -4.22. The van der Waals surface area contributed by atoms with Gasteiger partial charge in [-0.3, -0.25) is 19.0 Å². The SMILES string of the molecule is CC1(C)[C@@H](O)CC[C@]2(C)[C@H]3C(=O)C=C4[C@@H]5C[C@@](C)(C(=O)NCC(=O)OCC#CCOc6no[n+]([O-])c6S(=O)(=O)c6ccccc6)CC[C@]5(C)CC[C@@]4(C)[C@]3(C)CC[C@@H]12. The number of esters is 1. The van der Waals surface area contributed by atoms with E-state index < -0.39 is 32.1 Å². The summed E-state index contributed by atoms with van der Waals surface area (Å²) in [7, 11) is -4.28. The maximum atomic E-state index is 14.6. The minimum absolute atomic E-state index is 0.0441. The van der Waals surface area contributed by atoms with Crippen LogP contribution in [-0.4, -0.2) is 62.2 Å². The van der Waals surface area contributed by atoms with Crippen LogP contribution in [-0.2, 0) is 29.0 Å². The molecule has 1 aromatic heterocycles. The van der Waals surface area contributed by atoms with E-state index in [2.05, 4.69) is 68.5 Å². The lowest BCUT2D eigenvalue weighted by Crippen LogP contribution is -2.66. The molecule has 0 bridgehead atoms. The van der Waals surface area contributed by atoms with E-state index in [9.17, 15) is 33.1 Å². The molecule has 14 heteroatoms. The fourth-order valence-corrected chi connectivity index (χ4v) is 13.6. The van der Waals surface area contributed by atoms with Crippen LogP contribution >= 0.6 is 0 Å². The first-order valence-electron chi connectivity index (χ1n) is 20.5. The van der Waals surface area contributed by atoms with E-state index in [-0.39, 0.29) is 92.2 Å². The Labute approximate surface area is 341 Å². The fraction of sp³-hybridized carbons (Fsp3) is 0.659. The van der Waals surface area contributed by atoms with Gasteiger partial charge in [0.05, 0.1) is 16.2 Å². The third-order valence-corrected chi connectivity index (χ3v) is 17.8. The van der Waals surface area contributed by atoms with E-state index in [0.717, 1.165) is 38.5 Å². The first-order chi connectivity index (χ1) is 27.1. The number of aromatic nitrogens is 2. The van der Waals surface area contributed by atoms with Crippen LogP contribution in [0.1, 0.15) is 106 Å². The molecule has 314 valence electrons. The third kappa shape index (κ3) is 6.55. The number of nitrogens with zero attached hydrogens (tertiary/aromatic N) is 2. The van der Waals surface area contributed by atoms with Gasteiger partial charge in [-0.05, 0) is 120 Å². The van der Waals surface area contributed by atoms with E-state index in [0.29, 0.717) is 19.3 Å². The summed E-state index contributed by atoms with van der Waals surface area (Å²) in [6.07, 6.45) is 9.17. The van der Waals surface area contributed by atoms with Crippen molar-refractivity contribution in [3.8, 4) is 17.7 Å². The molecule has 5 aliphatic carbocycles. The number of hydrogen-bond donors (Lipinski definition) is 2. The van der Waals surface area contributed by atoms with Gasteiger partial charge >= 0.3 is 16.9 Å². The first kappa shape index (κ1) is 41.9. The maximum Gasteiger partial charge on any atom is 0.415 e. The molecule has 4 saturated carbocycles. The van der Waals surface area contributed by atoms with Crippen molar-refractivity contribution >= 4 is 27.5 Å². The number of ketones is 1. The van der Waals surface area contributed by atoms with Crippen LogP contribution in [0.3, 0.4) is 0 Å². The Morgan fingerprint density at radius 2 is 1.67 bits per heavy atom. The molecule has 1 aromatic carbocycles. The molecule has 9 atom stereocenters. The van der Waals surface area contributed by atoms with Gasteiger partial charge in [-0.2, -0.15) is 0 Å². The van der Waals surface area contributed by atoms with Gasteiger partial charge in [-0.15, -0.1) is 0 Å². The van der Waals surface area contributed by atoms with Gasteiger partial charge in [0.15, 0.2) is 19.0 Å². The predicted octanol–water partition coefficient (Wildman–Crippen LogP) is 5.52. The molecule has 0 radical (unpaired) electrons. The van der Waals surface area contributed by atoms with Crippen molar-refractivity contribution in [3.63, 3.8) is 0 Å². The van der Waals surface area contributed by atoms with Crippen molar-refractivity contribution in [1.29, 1.82) is 0 Å². The minimum Gasteiger partial charge on any atom is -0.451 e. The lowest BCUT2D eigenvalue weighted by Gasteiger charge is -2.70. The second kappa shape index (κ2) is 14.5. The summed E-state index contributed by atoms with van der Waals surface area (Å²) in [5.74, 6) is 4.08. The lowest BCUT2D eigenvalue weighted by atomic mass is 9.33. The monoisotopic (exact) mass is 819 g/mol. The zero-order chi connectivity index (χ0) is 42.1. The number of aliphatic hydroxyl groups excluding tert-OH is 1. The van der Waals surface area contributed by atoms with Crippen LogP contribution < -0.4 is 15.0 Å². The van der Waals surface area contributed by atoms with Gasteiger partial charge in [0.25, 0.3) is 9.84 Å². The minimum atomic E-state index is -4.28. The second-order valence-corrected chi connectivity index (χ2v) is 21.3. The van der Waals surface area contributed by atoms with E-state index in [4.69, 9.17) is 9.47 Å². The molecule has 1 amide bonds. The summed E-state index contributed by atoms with van der Waals surface area (Å²) in [5, 5.41) is 28.5. The molecule has 13 nitrogen and oxygen atoms in total. The van der Waals surface area contributed by atoms with Crippen LogP contribution in [0.4, 0.5) is 0 Å². The van der Waals surface area contributed by atoms with Crippen LogP contribution in [0.2, 0.25) is 0 Å². The average molecular weight is 820 g/mol. The summed E-state index contributed by atoms with van der Waals surface area (Å²) in [4.78, 5) is 40.8. The summed E-state index contributed by atoms with van der Waals surface area (Å²) >= 11 is 0. The van der Waals surface area contributed by atoms with Crippen molar-refractivity contribution in [1.82, 2.24) is 10.5 Å². The molecule has 4 fully saturated rings. The van der Waals surface area contributed by atoms with Gasteiger partial charge in [0.1, 0.15) is 6.54 Å². The molecular formula is C44H57N3O10S. The zero-order valence-electron chi connectivity index (χ0n) is 34.7. The smallest absolute Gasteiger partial charge is 0.415 e. The fourth-order valence-electron chi connectivity index (χ4n) is 12.4. The highest BCUT2D eigenvalue weighted by molar-refractivity contribution is 7.91. The Morgan fingerprint density at radius 1 is 0.983 bits per heavy atom. The van der Waals surface area contributed by atoms with Crippen LogP contribution in [0.25, 0.3) is 0 Å². The van der Waals surface area contributed by atoms with Crippen LogP contribution in [0.5, 0.6) is 5.88 Å². The van der Waals surface area contributed by atoms with Crippen molar-refractivity contribution < 1.29 is 46.9 Å². The number of amides is 1. The topological polar surface area (TPSA) is 189 Å². The number of aliphatic hydroxyl groups is 1. The Morgan fingerprint density at radius 3 is 2.40 bits per heavy atom. The normalized spacial score (nSPS) is 36.3. The van der Waals surface area contributed by atoms with E-state index in [1.54, 1.807) is 6.07 Å². The third-order valence-electron chi connectivity index (χ3n) is 16.1. The summed E-state index contributed by atoms with van der Waals surface area (Å²) < 4.78 is 40.8. The van der Waals surface area contributed by atoms with Crippen molar-refractivity contribution in [2.24, 2.45) is 50.2 Å². The van der Waals surface area contributed by atoms with Gasteiger partial charge in [0.2, 0.25) is 5.91 Å². The Bertz CT molecular complexity index is 2190. The molecule has 5 aliphatic rings. The molecule has 2 aromatic rings. The number of fused-ring (bicyclic) bond motifs is 7. The van der Waals surface area contributed by atoms with Crippen molar-refractivity contribution in [3.05, 3.63) is 47.2 Å². The zero-order valence-corrected chi connectivity index (χ0v) is 35.5. The number of sulfone groups is 1. The number of carbonyl (C=O) groups excluding carboxylic acids is 3. The molecule has 7 rings (SSSR count). The molecule has 1 heterocycles. The molecule has 0 aliphatic heterocycles. The van der Waals surface area contributed by atoms with Crippen LogP contribution in [0.15, 0.2) is 56.5 Å². The predicted molar refractivity (Wildman–Crippen MR) is 210 cm³/mol. The van der Waals surface area contributed by atoms with Crippen LogP contribution in [0, 0.1) is 67.3 Å². The number of ether oxygens (including phenoxy) is 2. The molecule has 58 heavy (non-hydrogen) atoms. The number of carbonyl (C=O) groups is 3. The van der Waals surface area contributed by atoms with E-state index in [1.165, 1.54) is 29.8 Å². The standard InChI is InChI=1S/C44H57N3O10S/c1-39(2)32-15-18-44(7)35(42(32,5)17-16-33(39)49)31(48)25-29-30-26-41(4,20-19-40(30,3)21-22-43(29,44)6)38(51)45-27-34(50)55-23-11-12-24-56-36-37(47(52)57-46-36)58(53,54)28-13-9-8-10-14-28/h8-10,13-14,25,30,32-33,35,49H,15-24,26-27H2,1-7H3,(H,45,51)/t30-,32-,33-,35+,40+,41-,42-,43+,44+/m0/s1. The molecule has 2 N–H and O–H groups in total. The molecule has 0 saturated heterocycles. The quantitative estimate of drug-likeness (QED) is 0.194. The summed E-state index contributed by atoms with van der Waals surface area (Å²) in [6, 6.07) is 7.28. The van der Waals surface area contributed by atoms with Gasteiger partial charge < -0.3 is 25.1 Å². The maximum absolute atomic E-state index is 14.6. The average Bonchev–Trinajstić information content (AvgIpc) is 3.56. The first-order valence-corrected chi connectivity index (χ1v) is 22.0. The highest BCUT2D eigenvalue weighted by Gasteiger charge is 2.70. The lowest BCUT2D eigenvalue weighted by molar-refractivity contribution is -0.832. The number of allylic oxidation sites excluding steroid dienone is 2. The van der Waals surface area contributed by atoms with Gasteiger partial charge in [-0.1, -0.05) is 84.1 Å².